The maximum atomic E-state index is 13.2. The van der Waals surface area contributed by atoms with E-state index in [1.807, 2.05) is 0 Å². The molecular weight excluding hydrogens is 416 g/mol. The van der Waals surface area contributed by atoms with Gasteiger partial charge in [-0.25, -0.2) is 14.4 Å². The Kier molecular flexibility index (Phi) is 7.53. The number of hydrogen-bond donors (Lipinski definition) is 4. The predicted octanol–water partition coefficient (Wildman–Crippen LogP) is -0.497. The molecule has 0 aromatic carbocycles. The van der Waals surface area contributed by atoms with Crippen LogP contribution in [-0.4, -0.2) is 116 Å². The number of piperidine rings is 1. The van der Waals surface area contributed by atoms with Crippen LogP contribution in [0.15, 0.2) is 0 Å². The molecule has 0 aromatic rings. The molecule has 1 unspecified atom stereocenters. The van der Waals surface area contributed by atoms with Crippen molar-refractivity contribution in [2.24, 2.45) is 0 Å². The number of amides is 6. The Morgan fingerprint density at radius 3 is 1.81 bits per heavy atom. The van der Waals surface area contributed by atoms with E-state index in [0.717, 1.165) is 32.1 Å². The molecule has 4 fully saturated rings. The lowest BCUT2D eigenvalue weighted by atomic mass is 10.1. The molecule has 180 valence electrons. The summed E-state index contributed by atoms with van der Waals surface area (Å²) in [5.74, 6) is -1.27. The quantitative estimate of drug-likeness (QED) is 0.429. The van der Waals surface area contributed by atoms with Crippen molar-refractivity contribution in [1.82, 2.24) is 41.1 Å². The van der Waals surface area contributed by atoms with Crippen molar-refractivity contribution in [3.63, 3.8) is 0 Å². The van der Waals surface area contributed by atoms with Gasteiger partial charge in [-0.05, 0) is 32.1 Å². The van der Waals surface area contributed by atoms with Gasteiger partial charge in [0, 0.05) is 52.4 Å². The van der Waals surface area contributed by atoms with E-state index in [-0.39, 0.29) is 24.6 Å². The van der Waals surface area contributed by atoms with Crippen molar-refractivity contribution in [2.75, 3.05) is 72.1 Å². The van der Waals surface area contributed by atoms with E-state index in [0.29, 0.717) is 65.6 Å². The Hall–Kier alpha value is -2.31. The molecule has 4 aliphatic heterocycles. The number of carbonyl (C=O) groups is 3. The summed E-state index contributed by atoms with van der Waals surface area (Å²) in [6.45, 7) is 6.08. The number of hydrogen-bond acceptors (Lipinski definition) is 6. The first kappa shape index (κ1) is 22.9. The number of urea groups is 3. The van der Waals surface area contributed by atoms with Crippen molar-refractivity contribution >= 4 is 18.1 Å². The highest BCUT2D eigenvalue weighted by molar-refractivity contribution is 5.79. The average Bonchev–Trinajstić information content (AvgIpc) is 3.37. The van der Waals surface area contributed by atoms with E-state index in [1.54, 1.807) is 19.7 Å². The first-order valence-electron chi connectivity index (χ1n) is 11.8. The standard InChI is InChI=1S/C20H36N8O4/c29-17(25-7-2-1-3-8-25)22-20(23-18(30)26-9-4-5-10-26)16-21-6-11-28(20)24-19(31)27-12-14-32-15-13-27/h21H,1-16H2,(H,22,29)(H,23,30)(H,24,31). The molecule has 6 amide bonds. The lowest BCUT2D eigenvalue weighted by Crippen LogP contribution is -2.81. The SMILES string of the molecule is O=C(NN1CCNCC1(NC(=O)N1CCCCC1)NC(=O)N1CCCC1)N1CCOCC1. The summed E-state index contributed by atoms with van der Waals surface area (Å²) in [6.07, 6.45) is 4.99. The molecule has 0 bridgehead atoms. The third-order valence-corrected chi connectivity index (χ3v) is 6.55. The van der Waals surface area contributed by atoms with Gasteiger partial charge in [-0.2, -0.15) is 5.01 Å². The first-order valence-corrected chi connectivity index (χ1v) is 11.8. The second-order valence-corrected chi connectivity index (χ2v) is 8.81. The second-order valence-electron chi connectivity index (χ2n) is 8.81. The number of nitrogens with one attached hydrogen (secondary N) is 4. The summed E-state index contributed by atoms with van der Waals surface area (Å²) >= 11 is 0. The number of hydrazine groups is 1. The zero-order chi connectivity index (χ0) is 22.4. The Morgan fingerprint density at radius 1 is 0.688 bits per heavy atom. The maximum Gasteiger partial charge on any atom is 0.332 e. The Morgan fingerprint density at radius 2 is 1.22 bits per heavy atom. The zero-order valence-electron chi connectivity index (χ0n) is 18.7. The van der Waals surface area contributed by atoms with Crippen LogP contribution in [0.2, 0.25) is 0 Å². The van der Waals surface area contributed by atoms with Crippen LogP contribution in [0, 0.1) is 0 Å². The average molecular weight is 453 g/mol. The van der Waals surface area contributed by atoms with Crippen LogP contribution < -0.4 is 21.4 Å². The Bertz CT molecular complexity index is 677. The number of carbonyl (C=O) groups excluding carboxylic acids is 3. The molecule has 32 heavy (non-hydrogen) atoms. The minimum Gasteiger partial charge on any atom is -0.378 e. The smallest absolute Gasteiger partial charge is 0.332 e. The number of likely N-dealkylation sites (tertiary alicyclic amines) is 2. The summed E-state index contributed by atoms with van der Waals surface area (Å²) in [5, 5.41) is 11.0. The summed E-state index contributed by atoms with van der Waals surface area (Å²) in [4.78, 5) is 44.4. The summed E-state index contributed by atoms with van der Waals surface area (Å²) < 4.78 is 5.34. The van der Waals surface area contributed by atoms with Crippen LogP contribution in [0.25, 0.3) is 0 Å². The van der Waals surface area contributed by atoms with Gasteiger partial charge in [0.25, 0.3) is 0 Å². The lowest BCUT2D eigenvalue weighted by molar-refractivity contribution is -0.0253. The molecule has 4 saturated heterocycles. The monoisotopic (exact) mass is 452 g/mol. The van der Waals surface area contributed by atoms with Crippen LogP contribution in [0.4, 0.5) is 14.4 Å². The zero-order valence-corrected chi connectivity index (χ0v) is 18.7. The van der Waals surface area contributed by atoms with Crippen LogP contribution >= 0.6 is 0 Å². The lowest BCUT2D eigenvalue weighted by Gasteiger charge is -2.48. The van der Waals surface area contributed by atoms with Gasteiger partial charge in [0.2, 0.25) is 5.79 Å². The Labute approximate surface area is 188 Å². The van der Waals surface area contributed by atoms with Crippen LogP contribution in [0.3, 0.4) is 0 Å². The number of nitrogens with zero attached hydrogens (tertiary/aromatic N) is 4. The van der Waals surface area contributed by atoms with Gasteiger partial charge < -0.3 is 24.8 Å². The predicted molar refractivity (Wildman–Crippen MR) is 117 cm³/mol. The first-order chi connectivity index (χ1) is 15.6. The van der Waals surface area contributed by atoms with Gasteiger partial charge in [-0.1, -0.05) is 0 Å². The minimum absolute atomic E-state index is 0.235. The molecule has 4 rings (SSSR count). The van der Waals surface area contributed by atoms with Gasteiger partial charge in [0.1, 0.15) is 0 Å². The van der Waals surface area contributed by atoms with E-state index >= 15 is 0 Å². The number of piperazine rings is 1. The van der Waals surface area contributed by atoms with Crippen molar-refractivity contribution in [3.05, 3.63) is 0 Å². The molecule has 4 aliphatic rings. The molecule has 4 N–H and O–H groups in total. The van der Waals surface area contributed by atoms with Gasteiger partial charge in [-0.15, -0.1) is 0 Å². The molecule has 0 aliphatic carbocycles. The Balaban J connectivity index is 1.51. The maximum absolute atomic E-state index is 13.2. The van der Waals surface area contributed by atoms with Crippen LogP contribution in [0.5, 0.6) is 0 Å². The highest BCUT2D eigenvalue weighted by Gasteiger charge is 2.45. The molecule has 0 spiro atoms. The third kappa shape index (κ3) is 5.36. The van der Waals surface area contributed by atoms with E-state index < -0.39 is 5.79 Å². The van der Waals surface area contributed by atoms with Crippen LogP contribution in [0.1, 0.15) is 32.1 Å². The van der Waals surface area contributed by atoms with Crippen molar-refractivity contribution in [3.8, 4) is 0 Å². The fourth-order valence-corrected chi connectivity index (χ4v) is 4.63. The van der Waals surface area contributed by atoms with Crippen molar-refractivity contribution < 1.29 is 19.1 Å². The second kappa shape index (κ2) is 10.5. The number of morpholine rings is 1. The topological polar surface area (TPSA) is 122 Å². The van der Waals surface area contributed by atoms with E-state index in [1.165, 1.54) is 0 Å². The molecule has 0 radical (unpaired) electrons. The third-order valence-electron chi connectivity index (χ3n) is 6.55. The van der Waals surface area contributed by atoms with E-state index in [9.17, 15) is 14.4 Å². The molecule has 12 heteroatoms. The molecule has 12 nitrogen and oxygen atoms in total. The normalized spacial score (nSPS) is 27.2. The summed E-state index contributed by atoms with van der Waals surface area (Å²) in [6, 6.07) is -0.737. The molecule has 0 saturated carbocycles. The van der Waals surface area contributed by atoms with Gasteiger partial charge in [0.15, 0.2) is 0 Å². The van der Waals surface area contributed by atoms with Crippen molar-refractivity contribution in [2.45, 2.75) is 37.9 Å². The van der Waals surface area contributed by atoms with Crippen molar-refractivity contribution in [1.29, 1.82) is 0 Å². The molecule has 0 aromatic heterocycles. The molecular formula is C20H36N8O4. The molecule has 4 heterocycles. The van der Waals surface area contributed by atoms with E-state index in [4.69, 9.17) is 4.74 Å². The summed E-state index contributed by atoms with van der Waals surface area (Å²) in [5.41, 5.74) is 2.94. The minimum atomic E-state index is -1.27. The van der Waals surface area contributed by atoms with Gasteiger partial charge in [-0.3, -0.25) is 16.1 Å². The number of ether oxygens (including phenoxy) is 1. The van der Waals surface area contributed by atoms with Gasteiger partial charge in [0.05, 0.1) is 19.8 Å². The highest BCUT2D eigenvalue weighted by atomic mass is 16.5. The van der Waals surface area contributed by atoms with Crippen LogP contribution in [-0.2, 0) is 4.74 Å². The van der Waals surface area contributed by atoms with E-state index in [2.05, 4.69) is 21.4 Å². The van der Waals surface area contributed by atoms with Gasteiger partial charge >= 0.3 is 18.1 Å². The fraction of sp³-hybridized carbons (Fsp3) is 0.850. The highest BCUT2D eigenvalue weighted by Crippen LogP contribution is 2.16. The number of rotatable bonds is 3. The largest absolute Gasteiger partial charge is 0.378 e. The fourth-order valence-electron chi connectivity index (χ4n) is 4.63. The molecule has 1 atom stereocenters. The summed E-state index contributed by atoms with van der Waals surface area (Å²) in [7, 11) is 0.